The minimum absolute atomic E-state index is 0.0581. The van der Waals surface area contributed by atoms with Crippen LogP contribution in [0.3, 0.4) is 0 Å². The van der Waals surface area contributed by atoms with Crippen LogP contribution in [0, 0.1) is 11.3 Å². The Bertz CT molecular complexity index is 738. The number of nitriles is 1. The molecule has 2 aromatic rings. The minimum Gasteiger partial charge on any atom is -0.487 e. The summed E-state index contributed by atoms with van der Waals surface area (Å²) in [5, 5.41) is 8.94. The molecule has 0 saturated carbocycles. The van der Waals surface area contributed by atoms with Crippen LogP contribution < -0.4 is 10.3 Å². The van der Waals surface area contributed by atoms with E-state index < -0.39 is 0 Å². The molecule has 1 aromatic carbocycles. The van der Waals surface area contributed by atoms with Crippen LogP contribution in [-0.4, -0.2) is 4.57 Å². The average molecular weight is 238 g/mol. The largest absolute Gasteiger partial charge is 0.487 e. The summed E-state index contributed by atoms with van der Waals surface area (Å²) in [6.45, 7) is 0.376. The highest BCUT2D eigenvalue weighted by molar-refractivity contribution is 5.75. The Morgan fingerprint density at radius 2 is 2.11 bits per heavy atom. The molecule has 1 aromatic heterocycles. The van der Waals surface area contributed by atoms with E-state index in [0.29, 0.717) is 12.2 Å². The summed E-state index contributed by atoms with van der Waals surface area (Å²) in [4.78, 5) is 11.6. The first-order valence-electron chi connectivity index (χ1n) is 5.57. The number of pyridine rings is 1. The van der Waals surface area contributed by atoms with Crippen molar-refractivity contribution in [1.29, 1.82) is 5.26 Å². The Kier molecular flexibility index (Phi) is 2.20. The molecule has 0 bridgehead atoms. The number of hydrogen-bond donors (Lipinski definition) is 0. The molecule has 0 spiro atoms. The summed E-state index contributed by atoms with van der Waals surface area (Å²) >= 11 is 0. The topological polar surface area (TPSA) is 55.0 Å². The molecule has 1 aliphatic heterocycles. The molecule has 0 aliphatic carbocycles. The minimum atomic E-state index is -0.0581. The molecule has 0 N–H and O–H groups in total. The quantitative estimate of drug-likeness (QED) is 0.703. The van der Waals surface area contributed by atoms with Gasteiger partial charge in [-0.2, -0.15) is 5.26 Å². The summed E-state index contributed by atoms with van der Waals surface area (Å²) in [5.74, 6) is 0.750. The van der Waals surface area contributed by atoms with Crippen LogP contribution in [-0.2, 0) is 13.7 Å². The molecule has 4 heteroatoms. The van der Waals surface area contributed by atoms with E-state index >= 15 is 0 Å². The van der Waals surface area contributed by atoms with Crippen LogP contribution in [0.2, 0.25) is 0 Å². The maximum Gasteiger partial charge on any atom is 0.250 e. The smallest absolute Gasteiger partial charge is 0.250 e. The number of aromatic nitrogens is 1. The molecule has 88 valence electrons. The molecule has 0 atom stereocenters. The lowest BCUT2D eigenvalue weighted by Crippen LogP contribution is -2.23. The van der Waals surface area contributed by atoms with Gasteiger partial charge in [-0.25, -0.2) is 0 Å². The number of benzene rings is 1. The highest BCUT2D eigenvalue weighted by Gasteiger charge is 2.19. The van der Waals surface area contributed by atoms with Gasteiger partial charge in [-0.15, -0.1) is 0 Å². The number of fused-ring (bicyclic) bond motifs is 3. The fraction of sp³-hybridized carbons (Fsp3) is 0.143. The van der Waals surface area contributed by atoms with Crippen molar-refractivity contribution in [2.45, 2.75) is 6.61 Å². The summed E-state index contributed by atoms with van der Waals surface area (Å²) in [7, 11) is 1.73. The van der Waals surface area contributed by atoms with Crippen molar-refractivity contribution in [2.75, 3.05) is 0 Å². The molecular formula is C14H10N2O2. The van der Waals surface area contributed by atoms with Crippen LogP contribution in [0.5, 0.6) is 5.75 Å². The molecule has 0 saturated heterocycles. The number of hydrogen-bond acceptors (Lipinski definition) is 3. The normalized spacial score (nSPS) is 12.0. The van der Waals surface area contributed by atoms with Crippen LogP contribution in [0.15, 0.2) is 35.1 Å². The van der Waals surface area contributed by atoms with E-state index in [0.717, 1.165) is 22.6 Å². The zero-order valence-corrected chi connectivity index (χ0v) is 9.80. The van der Waals surface area contributed by atoms with Gasteiger partial charge in [0, 0.05) is 24.2 Å². The van der Waals surface area contributed by atoms with Crippen molar-refractivity contribution in [1.82, 2.24) is 4.57 Å². The number of rotatable bonds is 0. The van der Waals surface area contributed by atoms with Gasteiger partial charge in [-0.3, -0.25) is 4.79 Å². The van der Waals surface area contributed by atoms with E-state index in [-0.39, 0.29) is 5.56 Å². The van der Waals surface area contributed by atoms with Gasteiger partial charge in [-0.05, 0) is 24.3 Å². The molecule has 1 aliphatic rings. The predicted molar refractivity (Wildman–Crippen MR) is 66.2 cm³/mol. The van der Waals surface area contributed by atoms with Crippen LogP contribution in [0.25, 0.3) is 11.1 Å². The summed E-state index contributed by atoms with van der Waals surface area (Å²) in [6, 6.07) is 10.7. The van der Waals surface area contributed by atoms with Crippen molar-refractivity contribution < 1.29 is 4.74 Å². The molecule has 3 rings (SSSR count). The standard InChI is InChI=1S/C14H10N2O2/c1-16-12-8-18-13-4-2-9(7-15)6-11(13)10(12)3-5-14(16)17/h2-6H,8H2,1H3. The first-order valence-corrected chi connectivity index (χ1v) is 5.57. The lowest BCUT2D eigenvalue weighted by atomic mass is 9.99. The van der Waals surface area contributed by atoms with Gasteiger partial charge < -0.3 is 9.30 Å². The van der Waals surface area contributed by atoms with Gasteiger partial charge in [0.2, 0.25) is 0 Å². The van der Waals surface area contributed by atoms with Gasteiger partial charge in [-0.1, -0.05) is 0 Å². The first kappa shape index (κ1) is 10.6. The fourth-order valence-corrected chi connectivity index (χ4v) is 2.18. The van der Waals surface area contributed by atoms with Crippen molar-refractivity contribution >= 4 is 0 Å². The molecule has 18 heavy (non-hydrogen) atoms. The summed E-state index contributed by atoms with van der Waals surface area (Å²) in [6.07, 6.45) is 0. The van der Waals surface area contributed by atoms with Crippen molar-refractivity contribution in [3.05, 3.63) is 51.9 Å². The molecule has 0 radical (unpaired) electrons. The molecule has 0 amide bonds. The molecule has 4 nitrogen and oxygen atoms in total. The van der Waals surface area contributed by atoms with E-state index in [1.165, 1.54) is 6.07 Å². The Labute approximate surface area is 104 Å². The lowest BCUT2D eigenvalue weighted by molar-refractivity contribution is 0.291. The van der Waals surface area contributed by atoms with Crippen molar-refractivity contribution in [3.8, 4) is 22.9 Å². The predicted octanol–water partition coefficient (Wildman–Crippen LogP) is 1.82. The van der Waals surface area contributed by atoms with Crippen molar-refractivity contribution in [3.63, 3.8) is 0 Å². The van der Waals surface area contributed by atoms with Gasteiger partial charge in [0.15, 0.2) is 0 Å². The molecule has 0 fully saturated rings. The Morgan fingerprint density at radius 1 is 1.28 bits per heavy atom. The average Bonchev–Trinajstić information content (AvgIpc) is 2.41. The highest BCUT2D eigenvalue weighted by Crippen LogP contribution is 2.36. The second-order valence-corrected chi connectivity index (χ2v) is 4.20. The summed E-state index contributed by atoms with van der Waals surface area (Å²) < 4.78 is 7.20. The van der Waals surface area contributed by atoms with E-state index in [9.17, 15) is 4.79 Å². The second-order valence-electron chi connectivity index (χ2n) is 4.20. The van der Waals surface area contributed by atoms with Crippen molar-refractivity contribution in [2.24, 2.45) is 7.05 Å². The Morgan fingerprint density at radius 3 is 2.89 bits per heavy atom. The third-order valence-electron chi connectivity index (χ3n) is 3.20. The van der Waals surface area contributed by atoms with E-state index in [1.54, 1.807) is 35.9 Å². The maximum absolute atomic E-state index is 11.6. The zero-order valence-electron chi connectivity index (χ0n) is 9.80. The van der Waals surface area contributed by atoms with Crippen LogP contribution >= 0.6 is 0 Å². The number of ether oxygens (including phenoxy) is 1. The first-order chi connectivity index (χ1) is 8.70. The second kappa shape index (κ2) is 3.74. The highest BCUT2D eigenvalue weighted by atomic mass is 16.5. The lowest BCUT2D eigenvalue weighted by Gasteiger charge is -2.22. The van der Waals surface area contributed by atoms with E-state index in [2.05, 4.69) is 6.07 Å². The Balaban J connectivity index is 2.32. The maximum atomic E-state index is 11.6. The van der Waals surface area contributed by atoms with Gasteiger partial charge in [0.25, 0.3) is 5.56 Å². The van der Waals surface area contributed by atoms with Gasteiger partial charge >= 0.3 is 0 Å². The fourth-order valence-electron chi connectivity index (χ4n) is 2.18. The van der Waals surface area contributed by atoms with Gasteiger partial charge in [0.1, 0.15) is 12.4 Å². The van der Waals surface area contributed by atoms with E-state index in [4.69, 9.17) is 10.00 Å². The van der Waals surface area contributed by atoms with Crippen LogP contribution in [0.1, 0.15) is 11.3 Å². The molecular weight excluding hydrogens is 228 g/mol. The third kappa shape index (κ3) is 1.41. The van der Waals surface area contributed by atoms with E-state index in [1.807, 2.05) is 0 Å². The molecule has 2 heterocycles. The SMILES string of the molecule is Cn1c2c(ccc1=O)-c1cc(C#N)ccc1OC2. The Hall–Kier alpha value is -2.54. The van der Waals surface area contributed by atoms with Gasteiger partial charge in [0.05, 0.1) is 17.3 Å². The zero-order chi connectivity index (χ0) is 12.7. The third-order valence-corrected chi connectivity index (χ3v) is 3.20. The van der Waals surface area contributed by atoms with Crippen LogP contribution in [0.4, 0.5) is 0 Å². The monoisotopic (exact) mass is 238 g/mol. The number of nitrogens with zero attached hydrogens (tertiary/aromatic N) is 2. The molecule has 0 unspecified atom stereocenters. The summed E-state index contributed by atoms with van der Waals surface area (Å²) in [5.41, 5.74) is 3.18.